The third kappa shape index (κ3) is 3.64. The molecule has 1 aliphatic rings. The molecular formula is C17H23ClFNO. The number of hydrogen-bond donors (Lipinski definition) is 0. The number of nitrogens with zero attached hydrogens (tertiary/aromatic N) is 1. The van der Waals surface area contributed by atoms with Crippen molar-refractivity contribution in [3.63, 3.8) is 0 Å². The molecule has 0 amide bonds. The predicted molar refractivity (Wildman–Crippen MR) is 84.2 cm³/mol. The number of rotatable bonds is 4. The fourth-order valence-corrected chi connectivity index (χ4v) is 3.41. The zero-order valence-electron chi connectivity index (χ0n) is 12.8. The van der Waals surface area contributed by atoms with Gasteiger partial charge in [0.05, 0.1) is 10.6 Å². The Morgan fingerprint density at radius 1 is 1.24 bits per heavy atom. The minimum absolute atomic E-state index is 0.1000. The number of ketones is 1. The number of carbonyl (C=O) groups excluding carboxylic acids is 1. The molecule has 116 valence electrons. The van der Waals surface area contributed by atoms with Crippen LogP contribution in [0.3, 0.4) is 0 Å². The summed E-state index contributed by atoms with van der Waals surface area (Å²) in [5.74, 6) is -0.266. The maximum absolute atomic E-state index is 13.5. The molecule has 1 saturated carbocycles. The van der Waals surface area contributed by atoms with Crippen LogP contribution in [0.4, 0.5) is 4.39 Å². The molecule has 1 aliphatic carbocycles. The van der Waals surface area contributed by atoms with Crippen LogP contribution in [0.1, 0.15) is 44.1 Å². The fraction of sp³-hybridized carbons (Fsp3) is 0.588. The molecule has 0 radical (unpaired) electrons. The smallest absolute Gasteiger partial charge is 0.157 e. The molecule has 21 heavy (non-hydrogen) atoms. The Morgan fingerprint density at radius 2 is 1.86 bits per heavy atom. The first-order valence-electron chi connectivity index (χ1n) is 7.60. The second-order valence-corrected chi connectivity index (χ2v) is 6.60. The summed E-state index contributed by atoms with van der Waals surface area (Å²) in [5.41, 5.74) is 0.305. The number of benzene rings is 1. The number of Topliss-reactive ketones (excluding diaryl/α,β-unsaturated/α-hetero) is 1. The Hall–Kier alpha value is -0.930. The van der Waals surface area contributed by atoms with Crippen LogP contribution >= 0.6 is 11.6 Å². The van der Waals surface area contributed by atoms with Gasteiger partial charge in [-0.1, -0.05) is 43.4 Å². The van der Waals surface area contributed by atoms with Crippen molar-refractivity contribution in [2.75, 3.05) is 14.1 Å². The molecule has 0 aromatic heterocycles. The van der Waals surface area contributed by atoms with E-state index in [2.05, 4.69) is 4.90 Å². The van der Waals surface area contributed by atoms with E-state index in [1.54, 1.807) is 6.07 Å². The standard InChI is InChI=1S/C17H23ClFNO/c1-20(2)17(9-5-3-4-6-10-17)16(21)12-13-7-8-14(18)15(19)11-13/h7-8,11H,3-6,9-10,12H2,1-2H3. The SMILES string of the molecule is CN(C)C1(C(=O)Cc2ccc(Cl)c(F)c2)CCCCCC1. The molecule has 1 aromatic rings. The van der Waals surface area contributed by atoms with E-state index >= 15 is 0 Å². The quantitative estimate of drug-likeness (QED) is 0.775. The van der Waals surface area contributed by atoms with Gasteiger partial charge < -0.3 is 0 Å². The molecule has 1 fully saturated rings. The van der Waals surface area contributed by atoms with E-state index in [1.807, 2.05) is 14.1 Å². The third-order valence-electron chi connectivity index (χ3n) is 4.65. The van der Waals surface area contributed by atoms with E-state index in [1.165, 1.54) is 25.0 Å². The third-order valence-corrected chi connectivity index (χ3v) is 4.96. The van der Waals surface area contributed by atoms with Crippen molar-refractivity contribution in [1.82, 2.24) is 4.90 Å². The second kappa shape index (κ2) is 6.89. The summed E-state index contributed by atoms with van der Waals surface area (Å²) in [6.45, 7) is 0. The van der Waals surface area contributed by atoms with Crippen LogP contribution in [0.15, 0.2) is 18.2 Å². The summed E-state index contributed by atoms with van der Waals surface area (Å²) >= 11 is 5.70. The van der Waals surface area contributed by atoms with Crippen LogP contribution < -0.4 is 0 Å². The Bertz CT molecular complexity index is 508. The molecule has 2 rings (SSSR count). The van der Waals surface area contributed by atoms with Crippen molar-refractivity contribution in [3.05, 3.63) is 34.6 Å². The summed E-state index contributed by atoms with van der Waals surface area (Å²) in [6, 6.07) is 4.64. The molecule has 0 heterocycles. The Kier molecular flexibility index (Phi) is 5.39. The minimum atomic E-state index is -0.457. The molecule has 0 unspecified atom stereocenters. The van der Waals surface area contributed by atoms with Gasteiger partial charge in [0, 0.05) is 6.42 Å². The minimum Gasteiger partial charge on any atom is -0.297 e. The molecule has 0 spiro atoms. The van der Waals surface area contributed by atoms with Crippen LogP contribution in [0, 0.1) is 5.82 Å². The molecule has 0 saturated heterocycles. The lowest BCUT2D eigenvalue weighted by Gasteiger charge is -2.38. The maximum atomic E-state index is 13.5. The van der Waals surface area contributed by atoms with Crippen LogP contribution in [0.2, 0.25) is 5.02 Å². The summed E-state index contributed by atoms with van der Waals surface area (Å²) in [4.78, 5) is 14.9. The number of halogens is 2. The molecular weight excluding hydrogens is 289 g/mol. The van der Waals surface area contributed by atoms with E-state index in [0.717, 1.165) is 25.7 Å². The first-order chi connectivity index (χ1) is 9.95. The first-order valence-corrected chi connectivity index (χ1v) is 7.98. The van der Waals surface area contributed by atoms with Gasteiger partial charge in [-0.2, -0.15) is 0 Å². The monoisotopic (exact) mass is 311 g/mol. The van der Waals surface area contributed by atoms with Crippen LogP contribution in [0.25, 0.3) is 0 Å². The Morgan fingerprint density at radius 3 is 2.38 bits per heavy atom. The summed E-state index contributed by atoms with van der Waals surface area (Å²) in [5, 5.41) is 0.1000. The number of hydrogen-bond acceptors (Lipinski definition) is 2. The lowest BCUT2D eigenvalue weighted by Crippen LogP contribution is -2.51. The highest BCUT2D eigenvalue weighted by atomic mass is 35.5. The molecule has 0 aliphatic heterocycles. The average Bonchev–Trinajstić information content (AvgIpc) is 2.69. The normalized spacial score (nSPS) is 18.5. The van der Waals surface area contributed by atoms with Crippen molar-refractivity contribution in [1.29, 1.82) is 0 Å². The van der Waals surface area contributed by atoms with Crippen molar-refractivity contribution in [2.24, 2.45) is 0 Å². The van der Waals surface area contributed by atoms with Crippen LogP contribution in [0.5, 0.6) is 0 Å². The lowest BCUT2D eigenvalue weighted by atomic mass is 9.82. The van der Waals surface area contributed by atoms with Crippen molar-refractivity contribution < 1.29 is 9.18 Å². The molecule has 2 nitrogen and oxygen atoms in total. The van der Waals surface area contributed by atoms with Gasteiger partial charge in [0.25, 0.3) is 0 Å². The van der Waals surface area contributed by atoms with Gasteiger partial charge >= 0.3 is 0 Å². The summed E-state index contributed by atoms with van der Waals surface area (Å²) in [7, 11) is 3.96. The highest BCUT2D eigenvalue weighted by Gasteiger charge is 2.39. The topological polar surface area (TPSA) is 20.3 Å². The van der Waals surface area contributed by atoms with E-state index in [-0.39, 0.29) is 17.2 Å². The van der Waals surface area contributed by atoms with E-state index in [4.69, 9.17) is 11.6 Å². The van der Waals surface area contributed by atoms with Gasteiger partial charge in [0.15, 0.2) is 5.78 Å². The van der Waals surface area contributed by atoms with Gasteiger partial charge in [0.2, 0.25) is 0 Å². The maximum Gasteiger partial charge on any atom is 0.157 e. The largest absolute Gasteiger partial charge is 0.297 e. The van der Waals surface area contributed by atoms with Crippen molar-refractivity contribution in [3.8, 4) is 0 Å². The molecule has 1 aromatic carbocycles. The Labute approximate surface area is 131 Å². The lowest BCUT2D eigenvalue weighted by molar-refractivity contribution is -0.130. The Balaban J connectivity index is 2.20. The van der Waals surface area contributed by atoms with Crippen LogP contribution in [-0.2, 0) is 11.2 Å². The highest BCUT2D eigenvalue weighted by molar-refractivity contribution is 6.30. The van der Waals surface area contributed by atoms with E-state index in [0.29, 0.717) is 5.56 Å². The van der Waals surface area contributed by atoms with Crippen molar-refractivity contribution in [2.45, 2.75) is 50.5 Å². The van der Waals surface area contributed by atoms with Gasteiger partial charge in [-0.3, -0.25) is 9.69 Å². The van der Waals surface area contributed by atoms with Crippen molar-refractivity contribution >= 4 is 17.4 Å². The van der Waals surface area contributed by atoms with Gasteiger partial charge in [-0.25, -0.2) is 4.39 Å². The predicted octanol–water partition coefficient (Wildman–Crippen LogP) is 4.25. The van der Waals surface area contributed by atoms with Gasteiger partial charge in [0.1, 0.15) is 5.82 Å². The first kappa shape index (κ1) is 16.4. The second-order valence-electron chi connectivity index (χ2n) is 6.19. The fourth-order valence-electron chi connectivity index (χ4n) is 3.29. The number of carbonyl (C=O) groups is 1. The molecule has 0 N–H and O–H groups in total. The summed E-state index contributed by atoms with van der Waals surface area (Å²) in [6.07, 6.45) is 6.62. The molecule has 4 heteroatoms. The van der Waals surface area contributed by atoms with Gasteiger partial charge in [-0.15, -0.1) is 0 Å². The molecule has 0 bridgehead atoms. The number of likely N-dealkylation sites (N-methyl/N-ethyl adjacent to an activating group) is 1. The molecule has 0 atom stereocenters. The highest BCUT2D eigenvalue weighted by Crippen LogP contribution is 2.33. The average molecular weight is 312 g/mol. The van der Waals surface area contributed by atoms with E-state index < -0.39 is 11.4 Å². The van der Waals surface area contributed by atoms with Crippen LogP contribution in [-0.4, -0.2) is 30.3 Å². The van der Waals surface area contributed by atoms with Gasteiger partial charge in [-0.05, 0) is 44.6 Å². The summed E-state index contributed by atoms with van der Waals surface area (Å²) < 4.78 is 13.5. The zero-order valence-corrected chi connectivity index (χ0v) is 13.5. The zero-order chi connectivity index (χ0) is 15.5. The van der Waals surface area contributed by atoms with E-state index in [9.17, 15) is 9.18 Å².